The molecule has 1 saturated heterocycles. The van der Waals surface area contributed by atoms with Crippen LogP contribution in [0.4, 0.5) is 8.78 Å². The Morgan fingerprint density at radius 3 is 1.92 bits per heavy atom. The lowest BCUT2D eigenvalue weighted by molar-refractivity contribution is -0.176. The molecular formula is C27H28F2O6S2. The fourth-order valence-electron chi connectivity index (χ4n) is 4.03. The number of benzene rings is 3. The van der Waals surface area contributed by atoms with E-state index >= 15 is 0 Å². The van der Waals surface area contributed by atoms with Crippen LogP contribution in [0, 0.1) is 0 Å². The van der Waals surface area contributed by atoms with Crippen molar-refractivity contribution < 1.29 is 36.0 Å². The van der Waals surface area contributed by atoms with Crippen LogP contribution in [0.25, 0.3) is 0 Å². The first-order valence-corrected chi connectivity index (χ1v) is 14.2. The molecule has 3 aromatic rings. The van der Waals surface area contributed by atoms with Crippen LogP contribution >= 0.6 is 0 Å². The van der Waals surface area contributed by atoms with E-state index in [1.807, 2.05) is 75.4 Å². The summed E-state index contributed by atoms with van der Waals surface area (Å²) in [5, 5.41) is -4.56. The summed E-state index contributed by atoms with van der Waals surface area (Å²) >= 11 is 0. The maximum atomic E-state index is 13.8. The molecule has 3 atom stereocenters. The molecule has 3 aromatic carbocycles. The summed E-state index contributed by atoms with van der Waals surface area (Å²) in [5.74, 6) is -0.819. The fraction of sp³-hybridized carbons (Fsp3) is 0.333. The van der Waals surface area contributed by atoms with Gasteiger partial charge in [-0.1, -0.05) is 18.2 Å². The van der Waals surface area contributed by atoms with Gasteiger partial charge in [-0.15, -0.1) is 0 Å². The highest BCUT2D eigenvalue weighted by molar-refractivity contribution is 7.97. The first kappa shape index (κ1) is 27.5. The molecule has 0 amide bonds. The molecule has 1 aliphatic rings. The van der Waals surface area contributed by atoms with E-state index in [-0.39, 0.29) is 11.4 Å². The highest BCUT2D eigenvalue weighted by atomic mass is 32.2. The maximum Gasteiger partial charge on any atom is 0.369 e. The minimum absolute atomic E-state index is 0.0256. The van der Waals surface area contributed by atoms with E-state index < -0.39 is 38.2 Å². The second-order valence-corrected chi connectivity index (χ2v) is 13.0. The van der Waals surface area contributed by atoms with Gasteiger partial charge < -0.3 is 18.8 Å². The molecule has 1 aliphatic heterocycles. The largest absolute Gasteiger partial charge is 0.743 e. The Morgan fingerprint density at radius 2 is 1.43 bits per heavy atom. The van der Waals surface area contributed by atoms with Gasteiger partial charge in [0.05, 0.1) is 23.1 Å². The van der Waals surface area contributed by atoms with Crippen LogP contribution in [0.3, 0.4) is 0 Å². The van der Waals surface area contributed by atoms with Crippen LogP contribution in [-0.4, -0.2) is 36.5 Å². The van der Waals surface area contributed by atoms with Crippen molar-refractivity contribution in [1.82, 2.24) is 0 Å². The molecular weight excluding hydrogens is 522 g/mol. The van der Waals surface area contributed by atoms with Gasteiger partial charge >= 0.3 is 5.25 Å². The average molecular weight is 551 g/mol. The first-order chi connectivity index (χ1) is 17.2. The molecule has 1 fully saturated rings. The zero-order valence-electron chi connectivity index (χ0n) is 20.8. The standard InChI is InChI=1S/C27H28F2O6S2/c1-19(27(28,29)37(30,31)32)34-21-12-16-24(17-13-21)36(22-8-6-5-7-9-22)23-14-10-20(11-15-23)26(4)33-18-25(2,3)35-26/h5-17,19H,18H2,1-4H3. The molecule has 0 aliphatic carbocycles. The van der Waals surface area contributed by atoms with Gasteiger partial charge in [-0.05, 0) is 88.4 Å². The number of halogens is 2. The van der Waals surface area contributed by atoms with Crippen molar-refractivity contribution >= 4 is 21.0 Å². The lowest BCUT2D eigenvalue weighted by Gasteiger charge is -2.26. The molecule has 6 nitrogen and oxygen atoms in total. The summed E-state index contributed by atoms with van der Waals surface area (Å²) in [4.78, 5) is 2.95. The molecule has 0 N–H and O–H groups in total. The molecule has 0 spiro atoms. The average Bonchev–Trinajstić information content (AvgIpc) is 3.14. The predicted molar refractivity (Wildman–Crippen MR) is 135 cm³/mol. The van der Waals surface area contributed by atoms with E-state index in [0.29, 0.717) is 6.61 Å². The summed E-state index contributed by atoms with van der Waals surface area (Å²) in [6.07, 6.45) is -2.15. The molecule has 10 heteroatoms. The van der Waals surface area contributed by atoms with E-state index in [4.69, 9.17) is 14.2 Å². The summed E-state index contributed by atoms with van der Waals surface area (Å²) < 4.78 is 77.6. The lowest BCUT2D eigenvalue weighted by atomic mass is 10.1. The monoisotopic (exact) mass is 550 g/mol. The zero-order chi connectivity index (χ0) is 27.1. The minimum atomic E-state index is -5.86. The summed E-state index contributed by atoms with van der Waals surface area (Å²) in [6.45, 7) is 7.19. The molecule has 198 valence electrons. The Hall–Kier alpha value is -2.50. The molecule has 37 heavy (non-hydrogen) atoms. The Bertz CT molecular complexity index is 1330. The van der Waals surface area contributed by atoms with E-state index in [2.05, 4.69) is 0 Å². The number of rotatable bonds is 8. The highest BCUT2D eigenvalue weighted by Gasteiger charge is 2.46. The highest BCUT2D eigenvalue weighted by Crippen LogP contribution is 2.40. The van der Waals surface area contributed by atoms with Gasteiger partial charge in [0.15, 0.2) is 36.7 Å². The Morgan fingerprint density at radius 1 is 0.919 bits per heavy atom. The summed E-state index contributed by atoms with van der Waals surface area (Å²) in [5.41, 5.74) is 0.510. The smallest absolute Gasteiger partial charge is 0.369 e. The van der Waals surface area contributed by atoms with E-state index in [9.17, 15) is 21.8 Å². The molecule has 0 aromatic heterocycles. The topological polar surface area (TPSA) is 84.9 Å². The third-order valence-electron chi connectivity index (χ3n) is 5.94. The third kappa shape index (κ3) is 5.83. The molecule has 0 saturated carbocycles. The van der Waals surface area contributed by atoms with Gasteiger partial charge in [0.1, 0.15) is 5.75 Å². The second kappa shape index (κ2) is 9.99. The van der Waals surface area contributed by atoms with Crippen molar-refractivity contribution in [2.24, 2.45) is 0 Å². The number of ether oxygens (including phenoxy) is 3. The van der Waals surface area contributed by atoms with Crippen molar-refractivity contribution in [2.75, 3.05) is 6.61 Å². The van der Waals surface area contributed by atoms with Crippen LogP contribution in [-0.2, 0) is 36.3 Å². The van der Waals surface area contributed by atoms with Gasteiger partial charge in [0, 0.05) is 5.56 Å². The molecule has 3 unspecified atom stereocenters. The van der Waals surface area contributed by atoms with Gasteiger partial charge in [-0.3, -0.25) is 0 Å². The molecule has 4 rings (SSSR count). The molecule has 0 radical (unpaired) electrons. The predicted octanol–water partition coefficient (Wildman–Crippen LogP) is 5.69. The zero-order valence-corrected chi connectivity index (χ0v) is 22.4. The Kier molecular flexibility index (Phi) is 7.44. The van der Waals surface area contributed by atoms with Gasteiger partial charge in [0.25, 0.3) is 0 Å². The van der Waals surface area contributed by atoms with E-state index in [1.54, 1.807) is 12.1 Å². The maximum absolute atomic E-state index is 13.8. The second-order valence-electron chi connectivity index (χ2n) is 9.49. The first-order valence-electron chi connectivity index (χ1n) is 11.6. The minimum Gasteiger partial charge on any atom is -0.743 e. The SMILES string of the molecule is CC(Oc1ccc([S+](c2ccccc2)c2ccc(C3(C)OCC(C)(C)O3)cc2)cc1)C(F)(F)S(=O)(=O)[O-]. The van der Waals surface area contributed by atoms with Gasteiger partial charge in [0.2, 0.25) is 0 Å². The van der Waals surface area contributed by atoms with Gasteiger partial charge in [-0.2, -0.15) is 8.78 Å². The quantitative estimate of drug-likeness (QED) is 0.265. The van der Waals surface area contributed by atoms with Crippen molar-refractivity contribution in [2.45, 2.75) is 65.1 Å². The number of hydrogen-bond donors (Lipinski definition) is 0. The van der Waals surface area contributed by atoms with Crippen molar-refractivity contribution in [3.05, 3.63) is 84.4 Å². The van der Waals surface area contributed by atoms with Crippen molar-refractivity contribution in [3.63, 3.8) is 0 Å². The van der Waals surface area contributed by atoms with Crippen molar-refractivity contribution in [3.8, 4) is 5.75 Å². The van der Waals surface area contributed by atoms with Crippen LogP contribution in [0.15, 0.2) is 93.5 Å². The summed E-state index contributed by atoms with van der Waals surface area (Å²) in [7, 11) is -6.40. The van der Waals surface area contributed by atoms with Crippen molar-refractivity contribution in [1.29, 1.82) is 0 Å². The number of alkyl halides is 2. The fourth-order valence-corrected chi connectivity index (χ4v) is 6.55. The Balaban J connectivity index is 1.62. The summed E-state index contributed by atoms with van der Waals surface area (Å²) in [6, 6.07) is 24.3. The lowest BCUT2D eigenvalue weighted by Crippen LogP contribution is -2.42. The van der Waals surface area contributed by atoms with Crippen LogP contribution in [0.2, 0.25) is 0 Å². The van der Waals surface area contributed by atoms with Crippen LogP contribution in [0.5, 0.6) is 5.75 Å². The number of hydrogen-bond acceptors (Lipinski definition) is 6. The van der Waals surface area contributed by atoms with E-state index in [0.717, 1.165) is 27.2 Å². The van der Waals surface area contributed by atoms with Crippen LogP contribution in [0.1, 0.15) is 33.3 Å². The Labute approximate surface area is 218 Å². The van der Waals surface area contributed by atoms with Gasteiger partial charge in [-0.25, -0.2) is 8.42 Å². The van der Waals surface area contributed by atoms with Crippen LogP contribution < -0.4 is 4.74 Å². The molecule has 0 bridgehead atoms. The third-order valence-corrected chi connectivity index (χ3v) is 9.17. The normalized spacial score (nSPS) is 21.4. The van der Waals surface area contributed by atoms with E-state index in [1.165, 1.54) is 12.1 Å². The molecule has 1 heterocycles.